The van der Waals surface area contributed by atoms with Crippen molar-refractivity contribution in [1.29, 1.82) is 0 Å². The third-order valence-electron chi connectivity index (χ3n) is 4.63. The number of aromatic nitrogens is 1. The van der Waals surface area contributed by atoms with Crippen molar-refractivity contribution in [3.05, 3.63) is 56.7 Å². The largest absolute Gasteiger partial charge is 0.508 e. The van der Waals surface area contributed by atoms with Crippen LogP contribution in [-0.4, -0.2) is 63.9 Å². The van der Waals surface area contributed by atoms with E-state index in [1.807, 2.05) is 19.0 Å². The molecule has 1 aliphatic rings. The van der Waals surface area contributed by atoms with Gasteiger partial charge in [0, 0.05) is 13.1 Å². The average molecular weight is 401 g/mol. The molecule has 0 saturated heterocycles. The van der Waals surface area contributed by atoms with Crippen LogP contribution >= 0.6 is 11.3 Å². The lowest BCUT2D eigenvalue weighted by Gasteiger charge is -2.28. The number of likely N-dealkylation sites (N-methyl/N-ethyl adjacent to an activating group) is 1. The van der Waals surface area contributed by atoms with Gasteiger partial charge in [0.25, 0.3) is 5.91 Å². The Kier molecular flexibility index (Phi) is 5.53. The lowest BCUT2D eigenvalue weighted by molar-refractivity contribution is -0.129. The van der Waals surface area contributed by atoms with E-state index < -0.39 is 23.5 Å². The summed E-state index contributed by atoms with van der Waals surface area (Å²) >= 11 is 1.24. The summed E-state index contributed by atoms with van der Waals surface area (Å²) in [6.07, 6.45) is 0. The van der Waals surface area contributed by atoms with Gasteiger partial charge in [0.1, 0.15) is 5.75 Å². The number of benzene rings is 1. The molecule has 0 radical (unpaired) electrons. The molecule has 28 heavy (non-hydrogen) atoms. The Morgan fingerprint density at radius 2 is 2.00 bits per heavy atom. The van der Waals surface area contributed by atoms with E-state index in [-0.39, 0.29) is 11.3 Å². The molecule has 0 spiro atoms. The van der Waals surface area contributed by atoms with Gasteiger partial charge in [-0.3, -0.25) is 9.59 Å². The first-order chi connectivity index (χ1) is 13.2. The Bertz CT molecular complexity index is 964. The van der Waals surface area contributed by atoms with Crippen LogP contribution in [0.15, 0.2) is 35.6 Å². The fourth-order valence-corrected chi connectivity index (χ4v) is 4.20. The maximum atomic E-state index is 13.3. The number of aryl methyl sites for hydroxylation is 2. The van der Waals surface area contributed by atoms with Gasteiger partial charge in [-0.15, -0.1) is 11.3 Å². The van der Waals surface area contributed by atoms with Crippen molar-refractivity contribution in [1.82, 2.24) is 14.8 Å². The molecule has 1 aliphatic heterocycles. The summed E-state index contributed by atoms with van der Waals surface area (Å²) < 4.78 is 0. The Balaban J connectivity index is 2.10. The number of phenolic OH excluding ortho intramolecular Hbond substituents is 1. The van der Waals surface area contributed by atoms with Crippen LogP contribution in [0, 0.1) is 13.8 Å². The van der Waals surface area contributed by atoms with Crippen LogP contribution < -0.4 is 0 Å². The van der Waals surface area contributed by atoms with Crippen molar-refractivity contribution in [3.8, 4) is 5.75 Å². The number of ketones is 1. The van der Waals surface area contributed by atoms with Gasteiger partial charge in [-0.2, -0.15) is 0 Å². The quantitative estimate of drug-likeness (QED) is 0.723. The molecule has 2 heterocycles. The molecule has 0 saturated carbocycles. The maximum Gasteiger partial charge on any atom is 0.290 e. The molecule has 3 rings (SSSR count). The van der Waals surface area contributed by atoms with Crippen molar-refractivity contribution < 1.29 is 19.8 Å². The third-order valence-corrected chi connectivity index (χ3v) is 5.70. The summed E-state index contributed by atoms with van der Waals surface area (Å²) in [5, 5.41) is 21.3. The minimum absolute atomic E-state index is 0.0283. The number of rotatable bonds is 6. The molecule has 1 aromatic carbocycles. The highest BCUT2D eigenvalue weighted by molar-refractivity contribution is 7.14. The molecule has 148 valence electrons. The van der Waals surface area contributed by atoms with E-state index in [4.69, 9.17) is 0 Å². The average Bonchev–Trinajstić information content (AvgIpc) is 3.09. The number of phenols is 1. The Morgan fingerprint density at radius 3 is 2.57 bits per heavy atom. The van der Waals surface area contributed by atoms with Crippen molar-refractivity contribution in [2.24, 2.45) is 0 Å². The van der Waals surface area contributed by atoms with Crippen molar-refractivity contribution >= 4 is 23.0 Å². The summed E-state index contributed by atoms with van der Waals surface area (Å²) in [4.78, 5) is 34.2. The van der Waals surface area contributed by atoms with E-state index in [1.165, 1.54) is 28.4 Å². The predicted octanol–water partition coefficient (Wildman–Crippen LogP) is 2.61. The lowest BCUT2D eigenvalue weighted by atomic mass is 9.95. The molecule has 1 amide bonds. The Labute approximate surface area is 167 Å². The Hall–Kier alpha value is -2.71. The van der Waals surface area contributed by atoms with Gasteiger partial charge in [0.2, 0.25) is 5.78 Å². The maximum absolute atomic E-state index is 13.3. The van der Waals surface area contributed by atoms with Gasteiger partial charge < -0.3 is 20.0 Å². The van der Waals surface area contributed by atoms with E-state index in [2.05, 4.69) is 4.98 Å². The number of Topliss-reactive ketones (excluding diaryl/α,β-unsaturated/α-hetero) is 1. The number of hydrogen-bond acceptors (Lipinski definition) is 7. The molecule has 1 atom stereocenters. The van der Waals surface area contributed by atoms with Gasteiger partial charge in [0.15, 0.2) is 5.76 Å². The molecule has 0 fully saturated rings. The van der Waals surface area contributed by atoms with Gasteiger partial charge >= 0.3 is 0 Å². The fourth-order valence-electron chi connectivity index (χ4n) is 3.33. The number of hydrogen-bond donors (Lipinski definition) is 2. The molecule has 7 nitrogen and oxygen atoms in total. The topological polar surface area (TPSA) is 94.0 Å². The lowest BCUT2D eigenvalue weighted by Crippen LogP contribution is -2.36. The number of thiazole rings is 1. The Morgan fingerprint density at radius 1 is 1.29 bits per heavy atom. The summed E-state index contributed by atoms with van der Waals surface area (Å²) in [6.45, 7) is 4.43. The van der Waals surface area contributed by atoms with Crippen LogP contribution in [0.5, 0.6) is 5.75 Å². The number of carbonyl (C=O) groups excluding carboxylic acids is 2. The van der Waals surface area contributed by atoms with Crippen molar-refractivity contribution in [3.63, 3.8) is 0 Å². The summed E-state index contributed by atoms with van der Waals surface area (Å²) in [5.41, 5.74) is 1.17. The van der Waals surface area contributed by atoms with Gasteiger partial charge in [-0.1, -0.05) is 12.1 Å². The zero-order valence-electron chi connectivity index (χ0n) is 16.3. The number of aliphatic hydroxyl groups is 1. The number of carbonyl (C=O) groups is 2. The molecule has 0 bridgehead atoms. The number of amides is 1. The highest BCUT2D eigenvalue weighted by Crippen LogP contribution is 2.40. The molecular weight excluding hydrogens is 378 g/mol. The van der Waals surface area contributed by atoms with Crippen LogP contribution in [0.25, 0.3) is 0 Å². The van der Waals surface area contributed by atoms with E-state index in [0.29, 0.717) is 29.2 Å². The molecule has 2 N–H and O–H groups in total. The second kappa shape index (κ2) is 7.73. The normalized spacial score (nSPS) is 17.1. The predicted molar refractivity (Wildman–Crippen MR) is 107 cm³/mol. The van der Waals surface area contributed by atoms with Crippen molar-refractivity contribution in [2.75, 3.05) is 27.2 Å². The van der Waals surface area contributed by atoms with Crippen LogP contribution in [0.4, 0.5) is 0 Å². The molecule has 1 unspecified atom stereocenters. The minimum atomic E-state index is -0.770. The molecular formula is C20H23N3O4S. The standard InChI is InChI=1S/C20H23N3O4S/c1-11-19(28-12(2)21-11)17(25)15-16(13-6-5-7-14(24)10-13)23(9-8-22(3)4)20(27)18(15)26/h5-7,10,16,24,26H,8-9H2,1-4H3. The second-order valence-electron chi connectivity index (χ2n) is 7.04. The fraction of sp³-hybridized carbons (Fsp3) is 0.350. The summed E-state index contributed by atoms with van der Waals surface area (Å²) in [7, 11) is 3.76. The first kappa shape index (κ1) is 20.0. The number of nitrogens with zero attached hydrogens (tertiary/aromatic N) is 3. The SMILES string of the molecule is Cc1nc(C)c(C(=O)C2=C(O)C(=O)N(CCN(C)C)C2c2cccc(O)c2)s1. The monoisotopic (exact) mass is 401 g/mol. The van der Waals surface area contributed by atoms with Gasteiger partial charge in [0.05, 0.1) is 27.2 Å². The molecule has 1 aromatic heterocycles. The van der Waals surface area contributed by atoms with Crippen molar-refractivity contribution in [2.45, 2.75) is 19.9 Å². The van der Waals surface area contributed by atoms with E-state index in [1.54, 1.807) is 26.0 Å². The third kappa shape index (κ3) is 3.65. The van der Waals surface area contributed by atoms with Crippen LogP contribution in [0.2, 0.25) is 0 Å². The van der Waals surface area contributed by atoms with Gasteiger partial charge in [-0.05, 0) is 45.6 Å². The molecule has 0 aliphatic carbocycles. The highest BCUT2D eigenvalue weighted by Gasteiger charge is 2.44. The molecule has 8 heteroatoms. The van der Waals surface area contributed by atoms with E-state index in [0.717, 1.165) is 5.01 Å². The first-order valence-electron chi connectivity index (χ1n) is 8.87. The molecule has 2 aromatic rings. The van der Waals surface area contributed by atoms with Crippen LogP contribution in [-0.2, 0) is 4.79 Å². The van der Waals surface area contributed by atoms with E-state index >= 15 is 0 Å². The zero-order chi connectivity index (χ0) is 20.6. The van der Waals surface area contributed by atoms with Gasteiger partial charge in [-0.25, -0.2) is 4.98 Å². The number of aliphatic hydroxyl groups excluding tert-OH is 1. The van der Waals surface area contributed by atoms with E-state index in [9.17, 15) is 19.8 Å². The highest BCUT2D eigenvalue weighted by atomic mass is 32.1. The second-order valence-corrected chi connectivity index (χ2v) is 8.24. The smallest absolute Gasteiger partial charge is 0.290 e. The zero-order valence-corrected chi connectivity index (χ0v) is 17.1. The first-order valence-corrected chi connectivity index (χ1v) is 9.68. The van der Waals surface area contributed by atoms with Crippen LogP contribution in [0.1, 0.15) is 32.0 Å². The number of aromatic hydroxyl groups is 1. The minimum Gasteiger partial charge on any atom is -0.508 e. The summed E-state index contributed by atoms with van der Waals surface area (Å²) in [6, 6.07) is 5.65. The summed E-state index contributed by atoms with van der Waals surface area (Å²) in [5.74, 6) is -1.50. The van der Waals surface area contributed by atoms with Crippen LogP contribution in [0.3, 0.4) is 0 Å².